The second-order valence-electron chi connectivity index (χ2n) is 3.38. The molecular weight excluding hydrogens is 194 g/mol. The summed E-state index contributed by atoms with van der Waals surface area (Å²) in [5, 5.41) is 1.24. The molecule has 78 valence electrons. The highest BCUT2D eigenvalue weighted by Gasteiger charge is 2.24. The standard InChI is InChI=1S/C11H11NO3/c1-15-12-10-6-8(7-13)2-3-9(10)4-5-11(12)14/h2-3,6-7H,4-5H2,1H3. The summed E-state index contributed by atoms with van der Waals surface area (Å²) < 4.78 is 0. The van der Waals surface area contributed by atoms with Crippen molar-refractivity contribution in [1.29, 1.82) is 0 Å². The molecule has 15 heavy (non-hydrogen) atoms. The van der Waals surface area contributed by atoms with Crippen LogP contribution in [0.4, 0.5) is 5.69 Å². The molecule has 1 aromatic carbocycles. The molecule has 0 radical (unpaired) electrons. The summed E-state index contributed by atoms with van der Waals surface area (Å²) in [5.41, 5.74) is 2.26. The number of hydrogen-bond acceptors (Lipinski definition) is 3. The Bertz CT molecular complexity index is 414. The van der Waals surface area contributed by atoms with Gasteiger partial charge in [0, 0.05) is 12.0 Å². The van der Waals surface area contributed by atoms with Crippen LogP contribution in [0.15, 0.2) is 18.2 Å². The van der Waals surface area contributed by atoms with Crippen molar-refractivity contribution in [3.8, 4) is 0 Å². The molecule has 0 saturated carbocycles. The number of anilines is 1. The number of rotatable bonds is 2. The molecule has 0 unspecified atom stereocenters. The van der Waals surface area contributed by atoms with Gasteiger partial charge in [-0.2, -0.15) is 5.06 Å². The van der Waals surface area contributed by atoms with Crippen molar-refractivity contribution in [2.75, 3.05) is 12.2 Å². The van der Waals surface area contributed by atoms with Gasteiger partial charge in [0.1, 0.15) is 6.29 Å². The topological polar surface area (TPSA) is 46.6 Å². The van der Waals surface area contributed by atoms with E-state index in [0.29, 0.717) is 24.1 Å². The van der Waals surface area contributed by atoms with Crippen LogP contribution in [0.3, 0.4) is 0 Å². The lowest BCUT2D eigenvalue weighted by molar-refractivity contribution is -0.125. The first kappa shape index (κ1) is 9.86. The van der Waals surface area contributed by atoms with Crippen LogP contribution in [0.2, 0.25) is 0 Å². The zero-order valence-electron chi connectivity index (χ0n) is 8.40. The van der Waals surface area contributed by atoms with Crippen LogP contribution in [0, 0.1) is 0 Å². The molecule has 1 aliphatic heterocycles. The third-order valence-corrected chi connectivity index (χ3v) is 2.48. The molecule has 0 bridgehead atoms. The molecule has 0 atom stereocenters. The predicted octanol–water partition coefficient (Wildman–Crippen LogP) is 1.34. The van der Waals surface area contributed by atoms with E-state index in [0.717, 1.165) is 11.8 Å². The van der Waals surface area contributed by atoms with Gasteiger partial charge in [-0.3, -0.25) is 14.4 Å². The molecule has 0 aliphatic carbocycles. The number of hydroxylamine groups is 1. The number of benzene rings is 1. The molecule has 1 amide bonds. The molecule has 2 rings (SSSR count). The quantitative estimate of drug-likeness (QED) is 0.684. The van der Waals surface area contributed by atoms with Gasteiger partial charge in [0.25, 0.3) is 5.91 Å². The molecule has 4 nitrogen and oxygen atoms in total. The second kappa shape index (κ2) is 3.82. The lowest BCUT2D eigenvalue weighted by Crippen LogP contribution is -2.34. The van der Waals surface area contributed by atoms with Crippen LogP contribution in [0.5, 0.6) is 0 Å². The van der Waals surface area contributed by atoms with Crippen molar-refractivity contribution >= 4 is 17.9 Å². The van der Waals surface area contributed by atoms with Crippen molar-refractivity contribution in [2.45, 2.75) is 12.8 Å². The Morgan fingerprint density at radius 1 is 1.40 bits per heavy atom. The number of amides is 1. The van der Waals surface area contributed by atoms with Crippen LogP contribution >= 0.6 is 0 Å². The van der Waals surface area contributed by atoms with Gasteiger partial charge in [0.15, 0.2) is 0 Å². The van der Waals surface area contributed by atoms with Crippen LogP contribution in [0.25, 0.3) is 0 Å². The van der Waals surface area contributed by atoms with Gasteiger partial charge < -0.3 is 0 Å². The average molecular weight is 205 g/mol. The molecule has 0 aromatic heterocycles. The molecule has 1 aliphatic rings. The van der Waals surface area contributed by atoms with E-state index in [1.165, 1.54) is 12.2 Å². The van der Waals surface area contributed by atoms with Gasteiger partial charge in [-0.25, -0.2) is 0 Å². The van der Waals surface area contributed by atoms with E-state index in [-0.39, 0.29) is 5.91 Å². The molecule has 0 N–H and O–H groups in total. The Morgan fingerprint density at radius 3 is 2.87 bits per heavy atom. The fourth-order valence-corrected chi connectivity index (χ4v) is 1.73. The normalized spacial score (nSPS) is 15.0. The van der Waals surface area contributed by atoms with Crippen LogP contribution < -0.4 is 5.06 Å². The molecule has 1 heterocycles. The van der Waals surface area contributed by atoms with Crippen molar-refractivity contribution in [1.82, 2.24) is 0 Å². The summed E-state index contributed by atoms with van der Waals surface area (Å²) in [4.78, 5) is 27.1. The summed E-state index contributed by atoms with van der Waals surface area (Å²) in [6.45, 7) is 0. The molecule has 0 spiro atoms. The molecule has 1 aromatic rings. The predicted molar refractivity (Wildman–Crippen MR) is 54.6 cm³/mol. The lowest BCUT2D eigenvalue weighted by atomic mass is 10.0. The summed E-state index contributed by atoms with van der Waals surface area (Å²) in [7, 11) is 1.45. The van der Waals surface area contributed by atoms with Crippen molar-refractivity contribution in [2.24, 2.45) is 0 Å². The minimum Gasteiger partial charge on any atom is -0.298 e. The summed E-state index contributed by atoms with van der Waals surface area (Å²) in [6, 6.07) is 5.27. The highest BCUT2D eigenvalue weighted by atomic mass is 16.7. The fraction of sp³-hybridized carbons (Fsp3) is 0.273. The Hall–Kier alpha value is -1.68. The maximum atomic E-state index is 11.5. The molecule has 0 fully saturated rings. The lowest BCUT2D eigenvalue weighted by Gasteiger charge is -2.26. The van der Waals surface area contributed by atoms with Crippen LogP contribution in [-0.2, 0) is 16.1 Å². The highest BCUT2D eigenvalue weighted by molar-refractivity contribution is 5.95. The fourth-order valence-electron chi connectivity index (χ4n) is 1.73. The molecular formula is C11H11NO3. The van der Waals surface area contributed by atoms with Gasteiger partial charge >= 0.3 is 0 Å². The Kier molecular flexibility index (Phi) is 2.51. The maximum absolute atomic E-state index is 11.5. The number of nitrogens with zero attached hydrogens (tertiary/aromatic N) is 1. The number of aldehydes is 1. The monoisotopic (exact) mass is 205 g/mol. The molecule has 4 heteroatoms. The van der Waals surface area contributed by atoms with E-state index in [1.807, 2.05) is 6.07 Å². The van der Waals surface area contributed by atoms with E-state index in [1.54, 1.807) is 12.1 Å². The van der Waals surface area contributed by atoms with E-state index < -0.39 is 0 Å². The van der Waals surface area contributed by atoms with Gasteiger partial charge in [0.05, 0.1) is 12.8 Å². The van der Waals surface area contributed by atoms with Crippen molar-refractivity contribution in [3.63, 3.8) is 0 Å². The average Bonchev–Trinajstić information content (AvgIpc) is 2.28. The molecule has 0 saturated heterocycles. The SMILES string of the molecule is CON1C(=O)CCc2ccc(C=O)cc21. The van der Waals surface area contributed by atoms with E-state index in [9.17, 15) is 9.59 Å². The number of carbonyl (C=O) groups excluding carboxylic acids is 2. The Morgan fingerprint density at radius 2 is 2.20 bits per heavy atom. The van der Waals surface area contributed by atoms with Crippen LogP contribution in [0.1, 0.15) is 22.3 Å². The summed E-state index contributed by atoms with van der Waals surface area (Å²) >= 11 is 0. The van der Waals surface area contributed by atoms with E-state index >= 15 is 0 Å². The van der Waals surface area contributed by atoms with Gasteiger partial charge in [-0.15, -0.1) is 0 Å². The zero-order chi connectivity index (χ0) is 10.8. The second-order valence-corrected chi connectivity index (χ2v) is 3.38. The zero-order valence-corrected chi connectivity index (χ0v) is 8.40. The first-order valence-electron chi connectivity index (χ1n) is 4.71. The Balaban J connectivity index is 2.49. The van der Waals surface area contributed by atoms with Crippen LogP contribution in [-0.4, -0.2) is 19.3 Å². The minimum absolute atomic E-state index is 0.0759. The summed E-state index contributed by atoms with van der Waals surface area (Å²) in [5.74, 6) is -0.0759. The van der Waals surface area contributed by atoms with Gasteiger partial charge in [0.2, 0.25) is 0 Å². The number of fused-ring (bicyclic) bond motifs is 1. The van der Waals surface area contributed by atoms with E-state index in [2.05, 4.69) is 0 Å². The minimum atomic E-state index is -0.0759. The number of hydrogen-bond donors (Lipinski definition) is 0. The third kappa shape index (κ3) is 1.64. The number of carbonyl (C=O) groups is 2. The van der Waals surface area contributed by atoms with Gasteiger partial charge in [-0.05, 0) is 18.1 Å². The largest absolute Gasteiger partial charge is 0.298 e. The smallest absolute Gasteiger partial charge is 0.251 e. The third-order valence-electron chi connectivity index (χ3n) is 2.48. The van der Waals surface area contributed by atoms with Crippen molar-refractivity contribution < 1.29 is 14.4 Å². The number of aryl methyl sites for hydroxylation is 1. The summed E-state index contributed by atoms with van der Waals surface area (Å²) in [6.07, 6.45) is 1.90. The van der Waals surface area contributed by atoms with E-state index in [4.69, 9.17) is 4.84 Å². The maximum Gasteiger partial charge on any atom is 0.251 e. The highest BCUT2D eigenvalue weighted by Crippen LogP contribution is 2.28. The van der Waals surface area contributed by atoms with Crippen molar-refractivity contribution in [3.05, 3.63) is 29.3 Å². The first-order valence-corrected chi connectivity index (χ1v) is 4.71. The Labute approximate surface area is 87.4 Å². The van der Waals surface area contributed by atoms with Gasteiger partial charge in [-0.1, -0.05) is 12.1 Å². The first-order chi connectivity index (χ1) is 7.26.